The Bertz CT molecular complexity index is 699. The Morgan fingerprint density at radius 1 is 1.09 bits per heavy atom. The number of hydrogen-bond donors (Lipinski definition) is 0. The average Bonchev–Trinajstić information content (AvgIpc) is 2.75. The van der Waals surface area contributed by atoms with Crippen LogP contribution >= 0.6 is 0 Å². The third-order valence-corrected chi connectivity index (χ3v) is 5.94. The maximum absolute atomic E-state index is 12.1. The first-order valence-electron chi connectivity index (χ1n) is 12.1. The number of ether oxygens (including phenoxy) is 4. The summed E-state index contributed by atoms with van der Waals surface area (Å²) >= 11 is 0. The van der Waals surface area contributed by atoms with Gasteiger partial charge < -0.3 is 18.9 Å². The van der Waals surface area contributed by atoms with Gasteiger partial charge in [-0.1, -0.05) is 46.2 Å². The molecule has 1 aliphatic carbocycles. The first-order chi connectivity index (χ1) is 15.3. The maximum atomic E-state index is 12.1. The van der Waals surface area contributed by atoms with Crippen molar-refractivity contribution >= 4 is 11.9 Å². The summed E-state index contributed by atoms with van der Waals surface area (Å²) in [6.07, 6.45) is 5.84. The highest BCUT2D eigenvalue weighted by molar-refractivity contribution is 5.75. The molecule has 0 aromatic heterocycles. The van der Waals surface area contributed by atoms with Gasteiger partial charge in [-0.25, -0.2) is 0 Å². The van der Waals surface area contributed by atoms with Gasteiger partial charge in [0.2, 0.25) is 0 Å². The van der Waals surface area contributed by atoms with E-state index in [1.807, 2.05) is 24.3 Å². The van der Waals surface area contributed by atoms with Gasteiger partial charge in [0, 0.05) is 5.92 Å². The molecule has 1 saturated carbocycles. The highest BCUT2D eigenvalue weighted by Gasteiger charge is 2.40. The molecule has 0 radical (unpaired) electrons. The second-order valence-corrected chi connectivity index (χ2v) is 8.94. The lowest BCUT2D eigenvalue weighted by Crippen LogP contribution is -2.46. The molecule has 2 aliphatic rings. The zero-order valence-electron chi connectivity index (χ0n) is 20.3. The van der Waals surface area contributed by atoms with Crippen LogP contribution < -0.4 is 4.74 Å². The van der Waals surface area contributed by atoms with E-state index < -0.39 is 6.29 Å². The van der Waals surface area contributed by atoms with E-state index in [0.717, 1.165) is 45.1 Å². The van der Waals surface area contributed by atoms with Crippen LogP contribution in [0.15, 0.2) is 24.3 Å². The fourth-order valence-corrected chi connectivity index (χ4v) is 3.65. The van der Waals surface area contributed by atoms with Crippen LogP contribution in [0.1, 0.15) is 72.3 Å². The smallest absolute Gasteiger partial charge is 0.314 e. The van der Waals surface area contributed by atoms with Crippen molar-refractivity contribution in [2.45, 2.75) is 85.5 Å². The van der Waals surface area contributed by atoms with E-state index in [1.165, 1.54) is 5.56 Å². The van der Waals surface area contributed by atoms with E-state index in [-0.39, 0.29) is 23.8 Å². The number of carbonyl (C=O) groups is 2. The van der Waals surface area contributed by atoms with Crippen LogP contribution in [-0.4, -0.2) is 37.5 Å². The van der Waals surface area contributed by atoms with Crippen molar-refractivity contribution in [1.29, 1.82) is 0 Å². The zero-order valence-corrected chi connectivity index (χ0v) is 20.3. The van der Waals surface area contributed by atoms with Gasteiger partial charge >= 0.3 is 11.9 Å². The van der Waals surface area contributed by atoms with Gasteiger partial charge in [0.1, 0.15) is 5.75 Å². The van der Waals surface area contributed by atoms with Crippen LogP contribution in [0, 0.1) is 17.8 Å². The lowest BCUT2D eigenvalue weighted by atomic mass is 9.77. The maximum Gasteiger partial charge on any atom is 0.314 e. The largest absolute Gasteiger partial charge is 0.436 e. The Balaban J connectivity index is 0.000000247. The van der Waals surface area contributed by atoms with Crippen molar-refractivity contribution in [2.24, 2.45) is 17.8 Å². The second-order valence-electron chi connectivity index (χ2n) is 8.94. The van der Waals surface area contributed by atoms with E-state index >= 15 is 0 Å². The second kappa shape index (κ2) is 13.6. The van der Waals surface area contributed by atoms with Crippen LogP contribution in [-0.2, 0) is 30.2 Å². The first kappa shape index (κ1) is 26.3. The topological polar surface area (TPSA) is 71.1 Å². The normalized spacial score (nSPS) is 22.6. The van der Waals surface area contributed by atoms with Crippen LogP contribution in [0.5, 0.6) is 5.75 Å². The van der Waals surface area contributed by atoms with Gasteiger partial charge in [-0.3, -0.25) is 9.59 Å². The fourth-order valence-electron chi connectivity index (χ4n) is 3.65. The molecular weight excluding hydrogens is 408 g/mol. The minimum absolute atomic E-state index is 0.00685. The summed E-state index contributed by atoms with van der Waals surface area (Å²) < 4.78 is 21.2. The molecule has 180 valence electrons. The van der Waals surface area contributed by atoms with Crippen molar-refractivity contribution in [3.63, 3.8) is 0 Å². The summed E-state index contributed by atoms with van der Waals surface area (Å²) in [7, 11) is 0. The quantitative estimate of drug-likeness (QED) is 0.220. The molecule has 32 heavy (non-hydrogen) atoms. The molecule has 1 heterocycles. The number of rotatable bonds is 9. The Kier molecular flexibility index (Phi) is 11.2. The summed E-state index contributed by atoms with van der Waals surface area (Å²) in [6.45, 7) is 11.1. The van der Waals surface area contributed by atoms with E-state index in [2.05, 4.69) is 13.8 Å². The number of carbonyl (C=O) groups excluding carboxylic acids is 2. The van der Waals surface area contributed by atoms with E-state index in [0.29, 0.717) is 24.4 Å². The molecule has 1 saturated heterocycles. The monoisotopic (exact) mass is 448 g/mol. The van der Waals surface area contributed by atoms with E-state index in [9.17, 15) is 9.59 Å². The minimum Gasteiger partial charge on any atom is -0.436 e. The van der Waals surface area contributed by atoms with Gasteiger partial charge in [0.25, 0.3) is 0 Å². The van der Waals surface area contributed by atoms with Crippen molar-refractivity contribution < 1.29 is 28.5 Å². The summed E-state index contributed by atoms with van der Waals surface area (Å²) in [5.41, 5.74) is 1.25. The summed E-state index contributed by atoms with van der Waals surface area (Å²) in [5, 5.41) is 0. The third kappa shape index (κ3) is 8.55. The predicted molar refractivity (Wildman–Crippen MR) is 123 cm³/mol. The standard InChI is InChI=1S/C16H20O3.C10H20O3/c1-2-11-3-7-14(8-4-11)19-16(17)12-5-6-13-10-18-15(13)9-12;1-5-6-7-12-9(4)13-10(11)8(2)3/h3-4,7-8,12-13,15H,2,5-6,9-10H2,1H3;8-9H,5-7H2,1-4H3. The molecule has 0 bridgehead atoms. The van der Waals surface area contributed by atoms with Crippen molar-refractivity contribution in [3.05, 3.63) is 29.8 Å². The molecule has 4 atom stereocenters. The average molecular weight is 449 g/mol. The fraction of sp³-hybridized carbons (Fsp3) is 0.692. The molecule has 1 aromatic carbocycles. The molecular formula is C26H40O6. The predicted octanol–water partition coefficient (Wildman–Crippen LogP) is 5.32. The zero-order chi connectivity index (χ0) is 23.5. The SMILES string of the molecule is CCCCOC(C)OC(=O)C(C)C.CCc1ccc(OC(=O)C2CCC3COC3C2)cc1. The number of hydrogen-bond acceptors (Lipinski definition) is 6. The Hall–Kier alpha value is -1.92. The number of unbranched alkanes of at least 4 members (excludes halogenated alkanes) is 1. The van der Waals surface area contributed by atoms with Gasteiger partial charge in [-0.15, -0.1) is 0 Å². The van der Waals surface area contributed by atoms with Gasteiger partial charge in [-0.05, 0) is 56.7 Å². The molecule has 0 spiro atoms. The molecule has 6 nitrogen and oxygen atoms in total. The van der Waals surface area contributed by atoms with E-state index in [1.54, 1.807) is 20.8 Å². The minimum atomic E-state index is -0.415. The molecule has 0 N–H and O–H groups in total. The molecule has 1 aromatic rings. The van der Waals surface area contributed by atoms with Crippen LogP contribution in [0.25, 0.3) is 0 Å². The highest BCUT2D eigenvalue weighted by atomic mass is 16.7. The van der Waals surface area contributed by atoms with E-state index in [4.69, 9.17) is 18.9 Å². The third-order valence-electron chi connectivity index (χ3n) is 5.94. The van der Waals surface area contributed by atoms with Gasteiger partial charge in [0.05, 0.1) is 31.2 Å². The first-order valence-corrected chi connectivity index (χ1v) is 12.1. The Morgan fingerprint density at radius 3 is 2.34 bits per heavy atom. The molecule has 1 aliphatic heterocycles. The highest BCUT2D eigenvalue weighted by Crippen LogP contribution is 2.38. The van der Waals surface area contributed by atoms with Crippen molar-refractivity contribution in [3.8, 4) is 5.75 Å². The van der Waals surface area contributed by atoms with Crippen LogP contribution in [0.2, 0.25) is 0 Å². The van der Waals surface area contributed by atoms with Gasteiger partial charge in [0.15, 0.2) is 6.29 Å². The van der Waals surface area contributed by atoms with Gasteiger partial charge in [-0.2, -0.15) is 0 Å². The summed E-state index contributed by atoms with van der Waals surface area (Å²) in [4.78, 5) is 23.2. The number of esters is 2. The summed E-state index contributed by atoms with van der Waals surface area (Å²) in [6, 6.07) is 7.77. The van der Waals surface area contributed by atoms with Crippen molar-refractivity contribution in [1.82, 2.24) is 0 Å². The molecule has 2 fully saturated rings. The lowest BCUT2D eigenvalue weighted by Gasteiger charge is -2.42. The Morgan fingerprint density at radius 2 is 1.81 bits per heavy atom. The van der Waals surface area contributed by atoms with Crippen molar-refractivity contribution in [2.75, 3.05) is 13.2 Å². The number of fused-ring (bicyclic) bond motifs is 1. The summed E-state index contributed by atoms with van der Waals surface area (Å²) in [5.74, 6) is 0.957. The Labute approximate surface area is 193 Å². The number of benzene rings is 1. The lowest BCUT2D eigenvalue weighted by molar-refractivity contribution is -0.178. The molecule has 6 heteroatoms. The van der Waals surface area contributed by atoms with Crippen LogP contribution in [0.3, 0.4) is 0 Å². The molecule has 3 rings (SSSR count). The number of aryl methyl sites for hydroxylation is 1. The molecule has 0 amide bonds. The van der Waals surface area contributed by atoms with Crippen LogP contribution in [0.4, 0.5) is 0 Å². The molecule has 4 unspecified atom stereocenters.